The normalized spacial score (nSPS) is 29.1. The summed E-state index contributed by atoms with van der Waals surface area (Å²) < 4.78 is 1.81. The highest BCUT2D eigenvalue weighted by molar-refractivity contribution is 5.09. The van der Waals surface area contributed by atoms with Crippen LogP contribution >= 0.6 is 0 Å². The Bertz CT molecular complexity index is 284. The lowest BCUT2D eigenvalue weighted by Gasteiger charge is -2.28. The quantitative estimate of drug-likeness (QED) is 0.651. The lowest BCUT2D eigenvalue weighted by molar-refractivity contribution is 0.0929. The predicted molar refractivity (Wildman–Crippen MR) is 49.2 cm³/mol. The molecule has 1 saturated heterocycles. The molecule has 0 spiro atoms. The molecule has 4 nitrogen and oxygen atoms in total. The lowest BCUT2D eigenvalue weighted by atomic mass is 9.99. The smallest absolute Gasteiger partial charge is 0.0755 e. The van der Waals surface area contributed by atoms with E-state index in [1.54, 1.807) is 6.20 Å². The van der Waals surface area contributed by atoms with Crippen LogP contribution in [0, 0.1) is 0 Å². The van der Waals surface area contributed by atoms with Crippen LogP contribution < -0.4 is 5.32 Å². The number of hydrogen-bond donors (Lipinski definition) is 2. The van der Waals surface area contributed by atoms with Crippen molar-refractivity contribution in [1.29, 1.82) is 0 Å². The molecule has 1 aliphatic heterocycles. The van der Waals surface area contributed by atoms with E-state index < -0.39 is 0 Å². The topological polar surface area (TPSA) is 50.1 Å². The van der Waals surface area contributed by atoms with Crippen LogP contribution in [0.4, 0.5) is 0 Å². The van der Waals surface area contributed by atoms with E-state index in [4.69, 9.17) is 0 Å². The van der Waals surface area contributed by atoms with E-state index in [1.807, 2.05) is 17.8 Å². The molecule has 0 aliphatic carbocycles. The number of aliphatic hydroxyl groups excluding tert-OH is 1. The second-order valence-corrected chi connectivity index (χ2v) is 3.52. The molecule has 0 bridgehead atoms. The summed E-state index contributed by atoms with van der Waals surface area (Å²) in [6, 6.07) is 2.01. The van der Waals surface area contributed by atoms with Crippen LogP contribution in [0.15, 0.2) is 12.3 Å². The molecule has 2 unspecified atom stereocenters. The number of nitrogens with one attached hydrogen (secondary N) is 1. The Morgan fingerprint density at radius 2 is 2.54 bits per heavy atom. The highest BCUT2D eigenvalue weighted by Gasteiger charge is 2.25. The van der Waals surface area contributed by atoms with Gasteiger partial charge in [-0.2, -0.15) is 5.10 Å². The first-order chi connectivity index (χ1) is 6.29. The summed E-state index contributed by atoms with van der Waals surface area (Å²) in [5, 5.41) is 17.2. The Morgan fingerprint density at radius 3 is 3.15 bits per heavy atom. The van der Waals surface area contributed by atoms with Crippen LogP contribution in [0.2, 0.25) is 0 Å². The number of hydrogen-bond acceptors (Lipinski definition) is 3. The summed E-state index contributed by atoms with van der Waals surface area (Å²) in [5.74, 6) is 0. The Morgan fingerprint density at radius 1 is 1.69 bits per heavy atom. The van der Waals surface area contributed by atoms with Gasteiger partial charge in [-0.1, -0.05) is 0 Å². The van der Waals surface area contributed by atoms with Gasteiger partial charge in [-0.25, -0.2) is 0 Å². The molecule has 13 heavy (non-hydrogen) atoms. The molecule has 0 radical (unpaired) electrons. The average molecular weight is 181 g/mol. The Hall–Kier alpha value is -0.870. The van der Waals surface area contributed by atoms with Crippen molar-refractivity contribution in [2.45, 2.75) is 25.0 Å². The molecule has 0 aromatic carbocycles. The zero-order valence-corrected chi connectivity index (χ0v) is 7.77. The second kappa shape index (κ2) is 3.47. The number of nitrogens with zero attached hydrogens (tertiary/aromatic N) is 2. The molecular formula is C9H15N3O. The van der Waals surface area contributed by atoms with Gasteiger partial charge in [0.15, 0.2) is 0 Å². The van der Waals surface area contributed by atoms with Crippen LogP contribution in [0.3, 0.4) is 0 Å². The summed E-state index contributed by atoms with van der Waals surface area (Å²) in [6.45, 7) is 0.979. The number of piperidine rings is 1. The standard InChI is InChI=1S/C9H15N3O/c1-12-7(4-6-11-12)9-8(13)3-2-5-10-9/h4,6,8-10,13H,2-3,5H2,1H3. The minimum absolute atomic E-state index is 0.0567. The molecule has 1 aromatic heterocycles. The Labute approximate surface area is 77.6 Å². The fraction of sp³-hybridized carbons (Fsp3) is 0.667. The largest absolute Gasteiger partial charge is 0.391 e. The first-order valence-corrected chi connectivity index (χ1v) is 4.68. The SMILES string of the molecule is Cn1nccc1C1NCCCC1O. The lowest BCUT2D eigenvalue weighted by Crippen LogP contribution is -2.38. The number of aryl methyl sites for hydroxylation is 1. The van der Waals surface area contributed by atoms with Crippen molar-refractivity contribution in [3.63, 3.8) is 0 Å². The molecule has 2 heterocycles. The van der Waals surface area contributed by atoms with Crippen LogP contribution in [0.1, 0.15) is 24.6 Å². The van der Waals surface area contributed by atoms with E-state index in [2.05, 4.69) is 10.4 Å². The van der Waals surface area contributed by atoms with Gasteiger partial charge in [-0.05, 0) is 25.5 Å². The predicted octanol–water partition coefficient (Wildman–Crippen LogP) is 0.206. The molecule has 4 heteroatoms. The van der Waals surface area contributed by atoms with E-state index in [1.165, 1.54) is 0 Å². The van der Waals surface area contributed by atoms with Gasteiger partial charge in [0, 0.05) is 13.2 Å². The third-order valence-corrected chi connectivity index (χ3v) is 2.60. The monoisotopic (exact) mass is 181 g/mol. The maximum atomic E-state index is 9.76. The van der Waals surface area contributed by atoms with Crippen molar-refractivity contribution < 1.29 is 5.11 Å². The van der Waals surface area contributed by atoms with Crippen LogP contribution in [0.5, 0.6) is 0 Å². The molecule has 0 saturated carbocycles. The fourth-order valence-electron chi connectivity index (χ4n) is 1.86. The average Bonchev–Trinajstić information content (AvgIpc) is 2.52. The third kappa shape index (κ3) is 1.59. The van der Waals surface area contributed by atoms with Crippen molar-refractivity contribution in [3.8, 4) is 0 Å². The summed E-state index contributed by atoms with van der Waals surface area (Å²) in [4.78, 5) is 0. The second-order valence-electron chi connectivity index (χ2n) is 3.52. The van der Waals surface area contributed by atoms with Gasteiger partial charge in [0.1, 0.15) is 0 Å². The minimum Gasteiger partial charge on any atom is -0.391 e. The molecule has 2 N–H and O–H groups in total. The molecule has 1 fully saturated rings. The van der Waals surface area contributed by atoms with Crippen molar-refractivity contribution in [3.05, 3.63) is 18.0 Å². The number of aromatic nitrogens is 2. The minimum atomic E-state index is -0.274. The Kier molecular flexibility index (Phi) is 2.33. The van der Waals surface area contributed by atoms with E-state index in [0.29, 0.717) is 0 Å². The molecule has 72 valence electrons. The molecule has 1 aromatic rings. The summed E-state index contributed by atoms with van der Waals surface area (Å²) in [5.41, 5.74) is 1.06. The van der Waals surface area contributed by atoms with Crippen molar-refractivity contribution in [2.24, 2.45) is 7.05 Å². The molecule has 0 amide bonds. The van der Waals surface area contributed by atoms with Crippen LogP contribution in [-0.2, 0) is 7.05 Å². The maximum absolute atomic E-state index is 9.76. The van der Waals surface area contributed by atoms with Gasteiger partial charge in [0.05, 0.1) is 17.8 Å². The number of rotatable bonds is 1. The van der Waals surface area contributed by atoms with Crippen molar-refractivity contribution in [1.82, 2.24) is 15.1 Å². The molecule has 1 aliphatic rings. The first kappa shape index (κ1) is 8.72. The van der Waals surface area contributed by atoms with Crippen LogP contribution in [-0.4, -0.2) is 27.5 Å². The van der Waals surface area contributed by atoms with E-state index in [9.17, 15) is 5.11 Å². The zero-order valence-electron chi connectivity index (χ0n) is 7.77. The van der Waals surface area contributed by atoms with E-state index in [0.717, 1.165) is 25.1 Å². The van der Waals surface area contributed by atoms with Crippen molar-refractivity contribution >= 4 is 0 Å². The van der Waals surface area contributed by atoms with Gasteiger partial charge in [0.25, 0.3) is 0 Å². The molecule has 2 rings (SSSR count). The highest BCUT2D eigenvalue weighted by Crippen LogP contribution is 2.22. The molecular weight excluding hydrogens is 166 g/mol. The summed E-state index contributed by atoms with van der Waals surface area (Å²) >= 11 is 0. The van der Waals surface area contributed by atoms with Gasteiger partial charge in [-0.3, -0.25) is 4.68 Å². The molecule has 2 atom stereocenters. The van der Waals surface area contributed by atoms with Gasteiger partial charge >= 0.3 is 0 Å². The van der Waals surface area contributed by atoms with Gasteiger partial charge < -0.3 is 10.4 Å². The number of aliphatic hydroxyl groups is 1. The van der Waals surface area contributed by atoms with Gasteiger partial charge in [-0.15, -0.1) is 0 Å². The first-order valence-electron chi connectivity index (χ1n) is 4.68. The van der Waals surface area contributed by atoms with E-state index in [-0.39, 0.29) is 12.1 Å². The van der Waals surface area contributed by atoms with Gasteiger partial charge in [0.2, 0.25) is 0 Å². The van der Waals surface area contributed by atoms with E-state index >= 15 is 0 Å². The zero-order chi connectivity index (χ0) is 9.26. The third-order valence-electron chi connectivity index (χ3n) is 2.60. The summed E-state index contributed by atoms with van der Waals surface area (Å²) in [6.07, 6.45) is 3.42. The fourth-order valence-corrected chi connectivity index (χ4v) is 1.86. The summed E-state index contributed by atoms with van der Waals surface area (Å²) in [7, 11) is 1.90. The maximum Gasteiger partial charge on any atom is 0.0755 e. The van der Waals surface area contributed by atoms with Crippen LogP contribution in [0.25, 0.3) is 0 Å². The highest BCUT2D eigenvalue weighted by atomic mass is 16.3. The van der Waals surface area contributed by atoms with Crippen molar-refractivity contribution in [2.75, 3.05) is 6.54 Å². The Balaban J connectivity index is 2.19.